The van der Waals surface area contributed by atoms with Crippen LogP contribution in [-0.2, 0) is 11.3 Å². The average molecular weight is 182 g/mol. The van der Waals surface area contributed by atoms with Gasteiger partial charge in [0.25, 0.3) is 0 Å². The number of rotatable bonds is 3. The molecule has 0 saturated heterocycles. The second kappa shape index (κ2) is 4.01. The topological polar surface area (TPSA) is 42.0 Å². The Morgan fingerprint density at radius 2 is 2.67 bits per heavy atom. The molecule has 0 spiro atoms. The second-order valence-electron chi connectivity index (χ2n) is 2.30. The highest BCUT2D eigenvalue weighted by Crippen LogP contribution is 2.07. The molecule has 0 aliphatic heterocycles. The zero-order chi connectivity index (χ0) is 8.97. The number of nitrogens with zero attached hydrogens (tertiary/aromatic N) is 1. The molecule has 1 aromatic rings. The Kier molecular flexibility index (Phi) is 2.99. The molecule has 1 N–H and O–H groups in total. The van der Waals surface area contributed by atoms with Gasteiger partial charge in [0.1, 0.15) is 5.01 Å². The van der Waals surface area contributed by atoms with E-state index in [4.69, 9.17) is 0 Å². The standard InChI is InChI=1S/C8H10N2OS/c1-3-7(11)9-4-8-10-6(2)5-12-8/h3,5H,1,4H2,2H3,(H,9,11). The molecule has 0 aromatic carbocycles. The van der Waals surface area contributed by atoms with Crippen molar-refractivity contribution in [2.24, 2.45) is 0 Å². The van der Waals surface area contributed by atoms with Crippen LogP contribution >= 0.6 is 11.3 Å². The lowest BCUT2D eigenvalue weighted by molar-refractivity contribution is -0.116. The van der Waals surface area contributed by atoms with Crippen molar-refractivity contribution in [3.05, 3.63) is 28.7 Å². The maximum absolute atomic E-state index is 10.7. The van der Waals surface area contributed by atoms with Crippen molar-refractivity contribution >= 4 is 17.2 Å². The van der Waals surface area contributed by atoms with Gasteiger partial charge in [-0.1, -0.05) is 6.58 Å². The van der Waals surface area contributed by atoms with E-state index in [1.54, 1.807) is 11.3 Å². The molecule has 1 rings (SSSR count). The summed E-state index contributed by atoms with van der Waals surface area (Å²) < 4.78 is 0. The van der Waals surface area contributed by atoms with Crippen molar-refractivity contribution in [1.82, 2.24) is 10.3 Å². The molecule has 0 fully saturated rings. The van der Waals surface area contributed by atoms with Gasteiger partial charge in [-0.3, -0.25) is 4.79 Å². The molecule has 12 heavy (non-hydrogen) atoms. The molecule has 0 saturated carbocycles. The number of thiazole rings is 1. The Balaban J connectivity index is 2.43. The van der Waals surface area contributed by atoms with Crippen LogP contribution in [0.1, 0.15) is 10.7 Å². The summed E-state index contributed by atoms with van der Waals surface area (Å²) in [5.41, 5.74) is 0.989. The summed E-state index contributed by atoms with van der Waals surface area (Å²) in [6.45, 7) is 5.76. The van der Waals surface area contributed by atoms with Crippen molar-refractivity contribution in [1.29, 1.82) is 0 Å². The monoisotopic (exact) mass is 182 g/mol. The fraction of sp³-hybridized carbons (Fsp3) is 0.250. The van der Waals surface area contributed by atoms with Gasteiger partial charge in [0, 0.05) is 11.1 Å². The second-order valence-corrected chi connectivity index (χ2v) is 3.25. The summed E-state index contributed by atoms with van der Waals surface area (Å²) in [6, 6.07) is 0. The summed E-state index contributed by atoms with van der Waals surface area (Å²) in [6.07, 6.45) is 1.25. The molecular weight excluding hydrogens is 172 g/mol. The van der Waals surface area contributed by atoms with Crippen molar-refractivity contribution in [2.45, 2.75) is 13.5 Å². The summed E-state index contributed by atoms with van der Waals surface area (Å²) in [5.74, 6) is -0.164. The minimum Gasteiger partial charge on any atom is -0.346 e. The number of aromatic nitrogens is 1. The minimum absolute atomic E-state index is 0.164. The van der Waals surface area contributed by atoms with Gasteiger partial charge in [-0.15, -0.1) is 11.3 Å². The molecule has 64 valence electrons. The number of amides is 1. The maximum Gasteiger partial charge on any atom is 0.243 e. The first-order chi connectivity index (χ1) is 5.72. The molecular formula is C8H10N2OS. The predicted octanol–water partition coefficient (Wildman–Crippen LogP) is 1.25. The van der Waals surface area contributed by atoms with Crippen LogP contribution < -0.4 is 5.32 Å². The zero-order valence-electron chi connectivity index (χ0n) is 6.83. The van der Waals surface area contributed by atoms with Gasteiger partial charge < -0.3 is 5.32 Å². The van der Waals surface area contributed by atoms with Gasteiger partial charge in [-0.2, -0.15) is 0 Å². The van der Waals surface area contributed by atoms with Crippen LogP contribution in [0.4, 0.5) is 0 Å². The average Bonchev–Trinajstić information content (AvgIpc) is 2.47. The first kappa shape index (κ1) is 8.93. The van der Waals surface area contributed by atoms with Crippen molar-refractivity contribution in [3.8, 4) is 0 Å². The van der Waals surface area contributed by atoms with E-state index < -0.39 is 0 Å². The molecule has 0 bridgehead atoms. The zero-order valence-corrected chi connectivity index (χ0v) is 7.65. The SMILES string of the molecule is C=CC(=O)NCc1nc(C)cs1. The van der Waals surface area contributed by atoms with Gasteiger partial charge in [0.05, 0.1) is 6.54 Å². The van der Waals surface area contributed by atoms with Crippen molar-refractivity contribution in [3.63, 3.8) is 0 Å². The fourth-order valence-corrected chi connectivity index (χ4v) is 1.43. The largest absolute Gasteiger partial charge is 0.346 e. The van der Waals surface area contributed by atoms with E-state index in [1.807, 2.05) is 12.3 Å². The van der Waals surface area contributed by atoms with Crippen LogP contribution in [0, 0.1) is 6.92 Å². The number of carbonyl (C=O) groups is 1. The molecule has 0 aliphatic rings. The van der Waals surface area contributed by atoms with Crippen LogP contribution in [0.15, 0.2) is 18.0 Å². The quantitative estimate of drug-likeness (QED) is 0.715. The molecule has 0 unspecified atom stereocenters. The highest BCUT2D eigenvalue weighted by molar-refractivity contribution is 7.09. The summed E-state index contributed by atoms with van der Waals surface area (Å²) in [5, 5.41) is 5.53. The van der Waals surface area contributed by atoms with Crippen molar-refractivity contribution < 1.29 is 4.79 Å². The Bertz CT molecular complexity index is 293. The van der Waals surface area contributed by atoms with Crippen LogP contribution in [0.2, 0.25) is 0 Å². The van der Waals surface area contributed by atoms with E-state index >= 15 is 0 Å². The van der Waals surface area contributed by atoms with Gasteiger partial charge >= 0.3 is 0 Å². The van der Waals surface area contributed by atoms with Crippen LogP contribution in [0.5, 0.6) is 0 Å². The van der Waals surface area contributed by atoms with Gasteiger partial charge in [0.15, 0.2) is 0 Å². The van der Waals surface area contributed by atoms with E-state index in [1.165, 1.54) is 6.08 Å². The van der Waals surface area contributed by atoms with Crippen molar-refractivity contribution in [2.75, 3.05) is 0 Å². The highest BCUT2D eigenvalue weighted by Gasteiger charge is 1.98. The highest BCUT2D eigenvalue weighted by atomic mass is 32.1. The first-order valence-electron chi connectivity index (χ1n) is 3.53. The Hall–Kier alpha value is -1.16. The normalized spacial score (nSPS) is 9.42. The molecule has 1 aromatic heterocycles. The third-order valence-electron chi connectivity index (χ3n) is 1.27. The number of hydrogen-bond donors (Lipinski definition) is 1. The number of nitrogens with one attached hydrogen (secondary N) is 1. The van der Waals surface area contributed by atoms with Gasteiger partial charge in [-0.05, 0) is 13.0 Å². The number of aryl methyl sites for hydroxylation is 1. The van der Waals surface area contributed by atoms with Crippen LogP contribution in [0.3, 0.4) is 0 Å². The van der Waals surface area contributed by atoms with E-state index in [9.17, 15) is 4.79 Å². The van der Waals surface area contributed by atoms with E-state index in [0.29, 0.717) is 6.54 Å². The number of carbonyl (C=O) groups excluding carboxylic acids is 1. The van der Waals surface area contributed by atoms with E-state index in [0.717, 1.165) is 10.7 Å². The van der Waals surface area contributed by atoms with E-state index in [2.05, 4.69) is 16.9 Å². The molecule has 1 amide bonds. The molecule has 0 aliphatic carbocycles. The lowest BCUT2D eigenvalue weighted by atomic mass is 10.5. The molecule has 1 heterocycles. The summed E-state index contributed by atoms with van der Waals surface area (Å²) in [4.78, 5) is 14.9. The lowest BCUT2D eigenvalue weighted by Gasteiger charge is -1.96. The summed E-state index contributed by atoms with van der Waals surface area (Å²) in [7, 11) is 0. The Morgan fingerprint density at radius 3 is 3.17 bits per heavy atom. The van der Waals surface area contributed by atoms with E-state index in [-0.39, 0.29) is 5.91 Å². The number of hydrogen-bond acceptors (Lipinski definition) is 3. The predicted molar refractivity (Wildman–Crippen MR) is 48.9 cm³/mol. The Morgan fingerprint density at radius 1 is 1.92 bits per heavy atom. The smallest absolute Gasteiger partial charge is 0.243 e. The van der Waals surface area contributed by atoms with Crippen LogP contribution in [0.25, 0.3) is 0 Å². The minimum atomic E-state index is -0.164. The third kappa shape index (κ3) is 2.47. The molecule has 3 nitrogen and oxygen atoms in total. The van der Waals surface area contributed by atoms with Crippen LogP contribution in [-0.4, -0.2) is 10.9 Å². The molecule has 0 atom stereocenters. The lowest BCUT2D eigenvalue weighted by Crippen LogP contribution is -2.19. The maximum atomic E-state index is 10.7. The summed E-state index contributed by atoms with van der Waals surface area (Å²) >= 11 is 1.54. The fourth-order valence-electron chi connectivity index (χ4n) is 0.719. The third-order valence-corrected chi connectivity index (χ3v) is 2.23. The first-order valence-corrected chi connectivity index (χ1v) is 4.41. The van der Waals surface area contributed by atoms with Gasteiger partial charge in [0.2, 0.25) is 5.91 Å². The van der Waals surface area contributed by atoms with Gasteiger partial charge in [-0.25, -0.2) is 4.98 Å². The molecule has 4 heteroatoms. The molecule has 0 radical (unpaired) electrons. The Labute approximate surface area is 75.1 Å².